The van der Waals surface area contributed by atoms with E-state index in [-0.39, 0.29) is 5.82 Å². The first-order chi connectivity index (χ1) is 11.2. The SMILES string of the molecule is CN(Cc1cnc2cnccn12)[C@@H](c1ccc(F)cc1)C1CC1. The molecule has 0 amide bonds. The van der Waals surface area contributed by atoms with Gasteiger partial charge in [0.15, 0.2) is 5.65 Å². The van der Waals surface area contributed by atoms with Crippen LogP contribution in [0.4, 0.5) is 4.39 Å². The fraction of sp³-hybridized carbons (Fsp3) is 0.333. The van der Waals surface area contributed by atoms with E-state index in [0.717, 1.165) is 17.9 Å². The van der Waals surface area contributed by atoms with Crippen molar-refractivity contribution in [3.63, 3.8) is 0 Å². The Bertz CT molecular complexity index is 807. The quantitative estimate of drug-likeness (QED) is 0.724. The second-order valence-electron chi connectivity index (χ2n) is 6.30. The van der Waals surface area contributed by atoms with E-state index < -0.39 is 0 Å². The van der Waals surface area contributed by atoms with Crippen LogP contribution in [0.2, 0.25) is 0 Å². The maximum Gasteiger partial charge on any atom is 0.155 e. The van der Waals surface area contributed by atoms with Crippen molar-refractivity contribution in [1.29, 1.82) is 0 Å². The van der Waals surface area contributed by atoms with Crippen molar-refractivity contribution in [1.82, 2.24) is 19.3 Å². The Morgan fingerprint density at radius 1 is 1.26 bits per heavy atom. The predicted octanol–water partition coefficient (Wildman–Crippen LogP) is 3.45. The highest BCUT2D eigenvalue weighted by molar-refractivity contribution is 5.37. The zero-order valence-corrected chi connectivity index (χ0v) is 13.1. The molecule has 2 aromatic heterocycles. The number of rotatable bonds is 5. The normalized spacial score (nSPS) is 16.1. The van der Waals surface area contributed by atoms with E-state index in [0.29, 0.717) is 12.0 Å². The fourth-order valence-electron chi connectivity index (χ4n) is 3.32. The third kappa shape index (κ3) is 2.84. The van der Waals surface area contributed by atoms with Crippen LogP contribution in [0.3, 0.4) is 0 Å². The summed E-state index contributed by atoms with van der Waals surface area (Å²) in [6, 6.07) is 7.25. The Balaban J connectivity index is 1.60. The first-order valence-electron chi connectivity index (χ1n) is 7.94. The maximum atomic E-state index is 13.2. The molecule has 118 valence electrons. The van der Waals surface area contributed by atoms with Crippen LogP contribution in [0.15, 0.2) is 49.1 Å². The van der Waals surface area contributed by atoms with Gasteiger partial charge in [0.05, 0.1) is 18.1 Å². The van der Waals surface area contributed by atoms with Crippen LogP contribution in [0.5, 0.6) is 0 Å². The summed E-state index contributed by atoms with van der Waals surface area (Å²) >= 11 is 0. The standard InChI is InChI=1S/C18H19FN4/c1-22(12-16-10-21-17-11-20-8-9-23(16)17)18(13-2-3-13)14-4-6-15(19)7-5-14/h4-11,13,18H,2-3,12H2,1H3/t18-/m1/s1. The molecule has 1 fully saturated rings. The molecule has 0 bridgehead atoms. The van der Waals surface area contributed by atoms with Crippen molar-refractivity contribution in [2.45, 2.75) is 25.4 Å². The van der Waals surface area contributed by atoms with E-state index in [2.05, 4.69) is 26.3 Å². The van der Waals surface area contributed by atoms with Crippen LogP contribution < -0.4 is 0 Å². The van der Waals surface area contributed by atoms with E-state index in [1.54, 1.807) is 24.5 Å². The molecule has 1 atom stereocenters. The van der Waals surface area contributed by atoms with Gasteiger partial charge in [-0.25, -0.2) is 9.37 Å². The van der Waals surface area contributed by atoms with Crippen molar-refractivity contribution < 1.29 is 4.39 Å². The molecule has 0 unspecified atom stereocenters. The van der Waals surface area contributed by atoms with Crippen LogP contribution in [0, 0.1) is 11.7 Å². The molecular weight excluding hydrogens is 291 g/mol. The number of hydrogen-bond donors (Lipinski definition) is 0. The lowest BCUT2D eigenvalue weighted by Crippen LogP contribution is -2.26. The summed E-state index contributed by atoms with van der Waals surface area (Å²) in [6.45, 7) is 0.795. The summed E-state index contributed by atoms with van der Waals surface area (Å²) < 4.78 is 15.3. The van der Waals surface area contributed by atoms with Crippen molar-refractivity contribution in [2.24, 2.45) is 5.92 Å². The molecule has 1 saturated carbocycles. The molecule has 0 aliphatic heterocycles. The van der Waals surface area contributed by atoms with Gasteiger partial charge in [0, 0.05) is 25.0 Å². The average Bonchev–Trinajstić information content (AvgIpc) is 3.31. The van der Waals surface area contributed by atoms with Gasteiger partial charge in [-0.1, -0.05) is 12.1 Å². The molecule has 0 N–H and O–H groups in total. The van der Waals surface area contributed by atoms with E-state index in [1.165, 1.54) is 18.4 Å². The molecule has 1 aliphatic carbocycles. The Kier molecular flexibility index (Phi) is 3.58. The molecule has 23 heavy (non-hydrogen) atoms. The number of halogens is 1. The van der Waals surface area contributed by atoms with Crippen LogP contribution >= 0.6 is 0 Å². The average molecular weight is 310 g/mol. The number of benzene rings is 1. The second-order valence-corrected chi connectivity index (χ2v) is 6.30. The number of imidazole rings is 1. The number of hydrogen-bond acceptors (Lipinski definition) is 3. The molecule has 0 spiro atoms. The molecule has 1 aliphatic rings. The summed E-state index contributed by atoms with van der Waals surface area (Å²) in [7, 11) is 2.13. The summed E-state index contributed by atoms with van der Waals surface area (Å²) in [5.41, 5.74) is 3.19. The lowest BCUT2D eigenvalue weighted by atomic mass is 10.0. The minimum Gasteiger partial charge on any atom is -0.300 e. The zero-order valence-electron chi connectivity index (χ0n) is 13.1. The Morgan fingerprint density at radius 3 is 2.78 bits per heavy atom. The zero-order chi connectivity index (χ0) is 15.8. The first-order valence-corrected chi connectivity index (χ1v) is 7.94. The van der Waals surface area contributed by atoms with Gasteiger partial charge < -0.3 is 0 Å². The number of nitrogens with zero attached hydrogens (tertiary/aromatic N) is 4. The Morgan fingerprint density at radius 2 is 2.04 bits per heavy atom. The van der Waals surface area contributed by atoms with E-state index in [9.17, 15) is 4.39 Å². The molecule has 0 radical (unpaired) electrons. The van der Waals surface area contributed by atoms with E-state index >= 15 is 0 Å². The molecule has 1 aromatic carbocycles. The van der Waals surface area contributed by atoms with Gasteiger partial charge in [-0.2, -0.15) is 0 Å². The largest absolute Gasteiger partial charge is 0.300 e. The van der Waals surface area contributed by atoms with Crippen molar-refractivity contribution in [3.8, 4) is 0 Å². The smallest absolute Gasteiger partial charge is 0.155 e. The van der Waals surface area contributed by atoms with Gasteiger partial charge in [0.1, 0.15) is 5.82 Å². The minimum absolute atomic E-state index is 0.180. The number of aromatic nitrogens is 3. The van der Waals surface area contributed by atoms with Crippen molar-refractivity contribution in [3.05, 3.63) is 66.1 Å². The third-order valence-corrected chi connectivity index (χ3v) is 4.56. The van der Waals surface area contributed by atoms with Gasteiger partial charge >= 0.3 is 0 Å². The summed E-state index contributed by atoms with van der Waals surface area (Å²) in [5.74, 6) is 0.478. The minimum atomic E-state index is -0.180. The van der Waals surface area contributed by atoms with Crippen LogP contribution in [-0.4, -0.2) is 26.3 Å². The first kappa shape index (κ1) is 14.3. The molecular formula is C18H19FN4. The third-order valence-electron chi connectivity index (χ3n) is 4.56. The van der Waals surface area contributed by atoms with Crippen molar-refractivity contribution in [2.75, 3.05) is 7.05 Å². The molecule has 5 heteroatoms. The number of fused-ring (bicyclic) bond motifs is 1. The second kappa shape index (κ2) is 5.74. The predicted molar refractivity (Wildman–Crippen MR) is 86.3 cm³/mol. The topological polar surface area (TPSA) is 33.4 Å². The highest BCUT2D eigenvalue weighted by Crippen LogP contribution is 2.44. The highest BCUT2D eigenvalue weighted by Gasteiger charge is 2.35. The Hall–Kier alpha value is -2.27. The molecule has 0 saturated heterocycles. The molecule has 4 nitrogen and oxygen atoms in total. The Labute approximate surface area is 134 Å². The lowest BCUT2D eigenvalue weighted by molar-refractivity contribution is 0.209. The van der Waals surface area contributed by atoms with E-state index in [4.69, 9.17) is 0 Å². The van der Waals surface area contributed by atoms with Gasteiger partial charge in [-0.15, -0.1) is 0 Å². The van der Waals surface area contributed by atoms with Gasteiger partial charge in [0.2, 0.25) is 0 Å². The fourth-order valence-corrected chi connectivity index (χ4v) is 3.32. The molecule has 2 heterocycles. The van der Waals surface area contributed by atoms with E-state index in [1.807, 2.05) is 24.5 Å². The molecule has 4 rings (SSSR count). The summed E-state index contributed by atoms with van der Waals surface area (Å²) in [5, 5.41) is 0. The maximum absolute atomic E-state index is 13.2. The van der Waals surface area contributed by atoms with Gasteiger partial charge in [-0.3, -0.25) is 14.3 Å². The van der Waals surface area contributed by atoms with Crippen LogP contribution in [0.1, 0.15) is 30.1 Å². The lowest BCUT2D eigenvalue weighted by Gasteiger charge is -2.28. The van der Waals surface area contributed by atoms with Crippen LogP contribution in [-0.2, 0) is 6.54 Å². The van der Waals surface area contributed by atoms with Gasteiger partial charge in [0.25, 0.3) is 0 Å². The summed E-state index contributed by atoms with van der Waals surface area (Å²) in [4.78, 5) is 10.8. The van der Waals surface area contributed by atoms with Crippen LogP contribution in [0.25, 0.3) is 5.65 Å². The summed E-state index contributed by atoms with van der Waals surface area (Å²) in [6.07, 6.45) is 9.86. The van der Waals surface area contributed by atoms with Gasteiger partial charge in [-0.05, 0) is 43.5 Å². The van der Waals surface area contributed by atoms with Crippen molar-refractivity contribution >= 4 is 5.65 Å². The molecule has 3 aromatic rings. The monoisotopic (exact) mass is 310 g/mol. The highest BCUT2D eigenvalue weighted by atomic mass is 19.1.